The molecule has 1 aliphatic heterocycles. The number of anilines is 2. The standard InChI is InChI=1S/C19H26N2O2/c22-16-10-12-21(13-11-16)18-9-5-4-8-17(18)20-19(23)14-15-6-2-1-3-7-15/h4-6,8-9,16,22H,1-3,7,10-14H2,(H,20,23). The maximum absolute atomic E-state index is 12.4. The van der Waals surface area contributed by atoms with Crippen LogP contribution in [-0.2, 0) is 4.79 Å². The van der Waals surface area contributed by atoms with Crippen molar-refractivity contribution in [2.75, 3.05) is 23.3 Å². The lowest BCUT2D eigenvalue weighted by atomic mass is 9.97. The summed E-state index contributed by atoms with van der Waals surface area (Å²) in [6.45, 7) is 1.67. The van der Waals surface area contributed by atoms with Crippen molar-refractivity contribution < 1.29 is 9.90 Å². The zero-order valence-electron chi connectivity index (χ0n) is 13.6. The first-order valence-electron chi connectivity index (χ1n) is 8.72. The third-order valence-electron chi connectivity index (χ3n) is 4.76. The summed E-state index contributed by atoms with van der Waals surface area (Å²) in [6.07, 6.45) is 8.72. The SMILES string of the molecule is O=C(CC1=CCCCC1)Nc1ccccc1N1CCC(O)CC1. The fraction of sp³-hybridized carbons (Fsp3) is 0.526. The summed E-state index contributed by atoms with van der Waals surface area (Å²) in [5, 5.41) is 12.8. The molecular formula is C19H26N2O2. The van der Waals surface area contributed by atoms with Gasteiger partial charge in [-0.15, -0.1) is 0 Å². The summed E-state index contributed by atoms with van der Waals surface area (Å²) in [5.41, 5.74) is 3.21. The van der Waals surface area contributed by atoms with Gasteiger partial charge in [0.15, 0.2) is 0 Å². The van der Waals surface area contributed by atoms with E-state index < -0.39 is 0 Å². The highest BCUT2D eigenvalue weighted by molar-refractivity contribution is 5.95. The number of nitrogens with one attached hydrogen (secondary N) is 1. The number of carbonyl (C=O) groups is 1. The second kappa shape index (κ2) is 7.64. The number of amides is 1. The maximum Gasteiger partial charge on any atom is 0.228 e. The lowest BCUT2D eigenvalue weighted by Gasteiger charge is -2.32. The zero-order valence-corrected chi connectivity index (χ0v) is 13.6. The fourth-order valence-corrected chi connectivity index (χ4v) is 3.43. The molecule has 1 aromatic carbocycles. The molecule has 0 aromatic heterocycles. The molecular weight excluding hydrogens is 288 g/mol. The average Bonchev–Trinajstić information content (AvgIpc) is 2.57. The molecule has 2 N–H and O–H groups in total. The number of hydrogen-bond acceptors (Lipinski definition) is 3. The Morgan fingerprint density at radius 1 is 1.22 bits per heavy atom. The summed E-state index contributed by atoms with van der Waals surface area (Å²) in [6, 6.07) is 7.97. The molecule has 0 unspecified atom stereocenters. The quantitative estimate of drug-likeness (QED) is 0.837. The number of aliphatic hydroxyl groups excluding tert-OH is 1. The van der Waals surface area contributed by atoms with Crippen molar-refractivity contribution in [3.63, 3.8) is 0 Å². The van der Waals surface area contributed by atoms with Crippen LogP contribution in [0.25, 0.3) is 0 Å². The van der Waals surface area contributed by atoms with Gasteiger partial charge in [-0.25, -0.2) is 0 Å². The van der Waals surface area contributed by atoms with Gasteiger partial charge < -0.3 is 15.3 Å². The lowest BCUT2D eigenvalue weighted by Crippen LogP contribution is -2.36. The number of allylic oxidation sites excluding steroid dienone is 1. The Labute approximate surface area is 138 Å². The number of rotatable bonds is 4. The highest BCUT2D eigenvalue weighted by Gasteiger charge is 2.20. The smallest absolute Gasteiger partial charge is 0.228 e. The molecule has 1 heterocycles. The van der Waals surface area contributed by atoms with Gasteiger partial charge in [-0.2, -0.15) is 0 Å². The van der Waals surface area contributed by atoms with Crippen LogP contribution in [0.3, 0.4) is 0 Å². The molecule has 1 aromatic rings. The molecule has 1 amide bonds. The second-order valence-electron chi connectivity index (χ2n) is 6.57. The zero-order chi connectivity index (χ0) is 16.1. The van der Waals surface area contributed by atoms with Crippen molar-refractivity contribution >= 4 is 17.3 Å². The van der Waals surface area contributed by atoms with Crippen LogP contribution in [0, 0.1) is 0 Å². The average molecular weight is 314 g/mol. The van der Waals surface area contributed by atoms with Crippen LogP contribution in [0.15, 0.2) is 35.9 Å². The number of nitrogens with zero attached hydrogens (tertiary/aromatic N) is 1. The van der Waals surface area contributed by atoms with Gasteiger partial charge in [-0.05, 0) is 50.7 Å². The number of carbonyl (C=O) groups excluding carboxylic acids is 1. The van der Waals surface area contributed by atoms with Crippen LogP contribution in [0.5, 0.6) is 0 Å². The van der Waals surface area contributed by atoms with E-state index in [4.69, 9.17) is 0 Å². The minimum Gasteiger partial charge on any atom is -0.393 e. The lowest BCUT2D eigenvalue weighted by molar-refractivity contribution is -0.115. The molecule has 4 nitrogen and oxygen atoms in total. The molecule has 0 saturated carbocycles. The van der Waals surface area contributed by atoms with Gasteiger partial charge in [0.2, 0.25) is 5.91 Å². The minimum atomic E-state index is -0.189. The van der Waals surface area contributed by atoms with E-state index in [0.29, 0.717) is 6.42 Å². The van der Waals surface area contributed by atoms with Crippen LogP contribution in [-0.4, -0.2) is 30.2 Å². The Hall–Kier alpha value is -1.81. The first-order chi connectivity index (χ1) is 11.2. The maximum atomic E-state index is 12.4. The molecule has 1 saturated heterocycles. The number of aliphatic hydroxyl groups is 1. The topological polar surface area (TPSA) is 52.6 Å². The molecule has 124 valence electrons. The minimum absolute atomic E-state index is 0.0719. The van der Waals surface area contributed by atoms with E-state index in [9.17, 15) is 9.90 Å². The Kier molecular flexibility index (Phi) is 5.34. The fourth-order valence-electron chi connectivity index (χ4n) is 3.43. The first-order valence-corrected chi connectivity index (χ1v) is 8.72. The molecule has 0 atom stereocenters. The third-order valence-corrected chi connectivity index (χ3v) is 4.76. The van der Waals surface area contributed by atoms with Crippen molar-refractivity contribution in [1.82, 2.24) is 0 Å². The van der Waals surface area contributed by atoms with Gasteiger partial charge in [0.05, 0.1) is 17.5 Å². The molecule has 4 heteroatoms. The first kappa shape index (κ1) is 16.1. The van der Waals surface area contributed by atoms with Crippen molar-refractivity contribution in [1.29, 1.82) is 0 Å². The van der Waals surface area contributed by atoms with E-state index in [1.165, 1.54) is 18.4 Å². The van der Waals surface area contributed by atoms with Crippen LogP contribution in [0.2, 0.25) is 0 Å². The molecule has 1 fully saturated rings. The number of benzene rings is 1. The van der Waals surface area contributed by atoms with Crippen molar-refractivity contribution in [3.8, 4) is 0 Å². The predicted octanol–water partition coefficient (Wildman–Crippen LogP) is 3.48. The van der Waals surface area contributed by atoms with Crippen LogP contribution >= 0.6 is 0 Å². The Morgan fingerprint density at radius 2 is 2.00 bits per heavy atom. The highest BCUT2D eigenvalue weighted by Crippen LogP contribution is 2.29. The summed E-state index contributed by atoms with van der Waals surface area (Å²) in [5.74, 6) is 0.0719. The molecule has 23 heavy (non-hydrogen) atoms. The van der Waals surface area contributed by atoms with Crippen molar-refractivity contribution in [2.24, 2.45) is 0 Å². The molecule has 2 aliphatic rings. The largest absolute Gasteiger partial charge is 0.393 e. The summed E-state index contributed by atoms with van der Waals surface area (Å²) in [4.78, 5) is 14.6. The van der Waals surface area contributed by atoms with Gasteiger partial charge in [-0.1, -0.05) is 23.8 Å². The molecule has 0 spiro atoms. The van der Waals surface area contributed by atoms with E-state index in [1.807, 2.05) is 24.3 Å². The van der Waals surface area contributed by atoms with Gasteiger partial charge in [0.25, 0.3) is 0 Å². The summed E-state index contributed by atoms with van der Waals surface area (Å²) < 4.78 is 0. The van der Waals surface area contributed by atoms with Crippen molar-refractivity contribution in [2.45, 2.75) is 51.0 Å². The molecule has 3 rings (SSSR count). The van der Waals surface area contributed by atoms with Crippen LogP contribution < -0.4 is 10.2 Å². The van der Waals surface area contributed by atoms with E-state index in [1.54, 1.807) is 0 Å². The highest BCUT2D eigenvalue weighted by atomic mass is 16.3. The molecule has 0 bridgehead atoms. The molecule has 1 aliphatic carbocycles. The second-order valence-corrected chi connectivity index (χ2v) is 6.57. The van der Waals surface area contributed by atoms with Gasteiger partial charge in [0, 0.05) is 19.5 Å². The summed E-state index contributed by atoms with van der Waals surface area (Å²) in [7, 11) is 0. The predicted molar refractivity (Wildman–Crippen MR) is 93.7 cm³/mol. The summed E-state index contributed by atoms with van der Waals surface area (Å²) >= 11 is 0. The third kappa shape index (κ3) is 4.35. The number of hydrogen-bond donors (Lipinski definition) is 2. The normalized spacial score (nSPS) is 19.3. The molecule has 0 radical (unpaired) electrons. The van der Waals surface area contributed by atoms with Gasteiger partial charge >= 0.3 is 0 Å². The van der Waals surface area contributed by atoms with E-state index in [-0.39, 0.29) is 12.0 Å². The Bertz CT molecular complexity index is 574. The van der Waals surface area contributed by atoms with Gasteiger partial charge in [0.1, 0.15) is 0 Å². The van der Waals surface area contributed by atoms with E-state index in [0.717, 1.165) is 50.1 Å². The van der Waals surface area contributed by atoms with E-state index >= 15 is 0 Å². The van der Waals surface area contributed by atoms with Crippen molar-refractivity contribution in [3.05, 3.63) is 35.9 Å². The van der Waals surface area contributed by atoms with E-state index in [2.05, 4.69) is 16.3 Å². The number of piperidine rings is 1. The Balaban J connectivity index is 1.65. The van der Waals surface area contributed by atoms with Gasteiger partial charge in [-0.3, -0.25) is 4.79 Å². The van der Waals surface area contributed by atoms with Crippen LogP contribution in [0.1, 0.15) is 44.9 Å². The monoisotopic (exact) mass is 314 g/mol. The Morgan fingerprint density at radius 3 is 2.74 bits per heavy atom. The number of para-hydroxylation sites is 2. The van der Waals surface area contributed by atoms with Crippen LogP contribution in [0.4, 0.5) is 11.4 Å².